The molecule has 1 aromatic heterocycles. The molecule has 0 bridgehead atoms. The van der Waals surface area contributed by atoms with Gasteiger partial charge in [-0.05, 0) is 18.3 Å². The molecular formula is C13H17ClF3N3O. The molecule has 0 saturated heterocycles. The third kappa shape index (κ3) is 3.70. The largest absolute Gasteiger partial charge is 0.408 e. The Balaban J connectivity index is 2.23. The topological polar surface area (TPSA) is 46.9 Å². The predicted molar refractivity (Wildman–Crippen MR) is 74.6 cm³/mol. The van der Waals surface area contributed by atoms with Gasteiger partial charge < -0.3 is 5.32 Å². The fraction of sp³-hybridized carbons (Fsp3) is 0.692. The second-order valence-corrected chi connectivity index (χ2v) is 6.41. The molecule has 1 fully saturated rings. The molecule has 1 aliphatic rings. The van der Waals surface area contributed by atoms with E-state index >= 15 is 0 Å². The third-order valence-corrected chi connectivity index (χ3v) is 4.27. The van der Waals surface area contributed by atoms with Crippen LogP contribution in [-0.4, -0.2) is 22.0 Å². The van der Waals surface area contributed by atoms with Gasteiger partial charge in [-0.25, -0.2) is 4.68 Å². The Morgan fingerprint density at radius 2 is 2.19 bits per heavy atom. The van der Waals surface area contributed by atoms with Crippen LogP contribution in [0.15, 0.2) is 11.0 Å². The molecule has 0 aliphatic heterocycles. The van der Waals surface area contributed by atoms with Crippen molar-refractivity contribution < 1.29 is 13.2 Å². The molecule has 0 spiro atoms. The number of alkyl halides is 3. The van der Waals surface area contributed by atoms with Crippen molar-refractivity contribution in [2.45, 2.75) is 51.9 Å². The summed E-state index contributed by atoms with van der Waals surface area (Å²) in [7, 11) is 0. The SMILES string of the molecule is CC1(C)CCCC1Nc1cnn(CC(F)(F)F)c(=O)c1Cl. The Morgan fingerprint density at radius 1 is 1.52 bits per heavy atom. The van der Waals surface area contributed by atoms with E-state index in [2.05, 4.69) is 24.3 Å². The normalized spacial score (nSPS) is 21.5. The summed E-state index contributed by atoms with van der Waals surface area (Å²) >= 11 is 5.90. The monoisotopic (exact) mass is 323 g/mol. The molecule has 1 unspecified atom stereocenters. The van der Waals surface area contributed by atoms with Gasteiger partial charge in [0.25, 0.3) is 5.56 Å². The van der Waals surface area contributed by atoms with Crippen molar-refractivity contribution in [1.29, 1.82) is 0 Å². The van der Waals surface area contributed by atoms with Crippen LogP contribution in [0.1, 0.15) is 33.1 Å². The molecule has 0 radical (unpaired) electrons. The van der Waals surface area contributed by atoms with Crippen LogP contribution in [0.25, 0.3) is 0 Å². The molecule has 1 N–H and O–H groups in total. The van der Waals surface area contributed by atoms with E-state index in [1.807, 2.05) is 0 Å². The molecule has 1 atom stereocenters. The fourth-order valence-electron chi connectivity index (χ4n) is 2.63. The smallest absolute Gasteiger partial charge is 0.379 e. The third-order valence-electron chi connectivity index (χ3n) is 3.90. The van der Waals surface area contributed by atoms with Crippen LogP contribution in [-0.2, 0) is 6.54 Å². The predicted octanol–water partition coefficient (Wildman–Crippen LogP) is 3.45. The van der Waals surface area contributed by atoms with Crippen LogP contribution in [0.4, 0.5) is 18.9 Å². The zero-order valence-corrected chi connectivity index (χ0v) is 12.6. The molecule has 2 rings (SSSR count). The van der Waals surface area contributed by atoms with Gasteiger partial charge in [0.15, 0.2) is 0 Å². The number of aromatic nitrogens is 2. The quantitative estimate of drug-likeness (QED) is 0.926. The highest BCUT2D eigenvalue weighted by Crippen LogP contribution is 2.39. The molecule has 1 aromatic rings. The Labute approximate surface area is 125 Å². The number of hydrogen-bond acceptors (Lipinski definition) is 3. The van der Waals surface area contributed by atoms with Gasteiger partial charge in [-0.1, -0.05) is 31.9 Å². The second kappa shape index (κ2) is 5.51. The van der Waals surface area contributed by atoms with E-state index in [0.717, 1.165) is 19.3 Å². The molecule has 118 valence electrons. The lowest BCUT2D eigenvalue weighted by Crippen LogP contribution is -2.34. The zero-order valence-electron chi connectivity index (χ0n) is 11.8. The Hall–Kier alpha value is -1.24. The van der Waals surface area contributed by atoms with Crippen LogP contribution in [0.5, 0.6) is 0 Å². The van der Waals surface area contributed by atoms with Gasteiger partial charge in [-0.15, -0.1) is 0 Å². The van der Waals surface area contributed by atoms with Crippen molar-refractivity contribution in [2.24, 2.45) is 5.41 Å². The van der Waals surface area contributed by atoms with Gasteiger partial charge in [0.1, 0.15) is 11.6 Å². The molecule has 21 heavy (non-hydrogen) atoms. The van der Waals surface area contributed by atoms with E-state index in [0.29, 0.717) is 10.4 Å². The van der Waals surface area contributed by atoms with Gasteiger partial charge in [0, 0.05) is 6.04 Å². The van der Waals surface area contributed by atoms with Crippen LogP contribution in [0.2, 0.25) is 5.02 Å². The lowest BCUT2D eigenvalue weighted by Gasteiger charge is -2.28. The summed E-state index contributed by atoms with van der Waals surface area (Å²) < 4.78 is 37.3. The standard InChI is InChI=1S/C13H17ClF3N3O/c1-12(2)5-3-4-9(12)19-8-6-18-20(7-13(15,16)17)11(21)10(8)14/h6,9,19H,3-5,7H2,1-2H3. The summed E-state index contributed by atoms with van der Waals surface area (Å²) in [5, 5.41) is 6.44. The number of nitrogens with one attached hydrogen (secondary N) is 1. The molecular weight excluding hydrogens is 307 g/mol. The first-order valence-electron chi connectivity index (χ1n) is 6.69. The Bertz CT molecular complexity index is 583. The molecule has 0 aromatic carbocycles. The highest BCUT2D eigenvalue weighted by atomic mass is 35.5. The highest BCUT2D eigenvalue weighted by Gasteiger charge is 2.35. The van der Waals surface area contributed by atoms with Crippen molar-refractivity contribution in [2.75, 3.05) is 5.32 Å². The summed E-state index contributed by atoms with van der Waals surface area (Å²) in [4.78, 5) is 11.8. The Morgan fingerprint density at radius 3 is 2.71 bits per heavy atom. The molecule has 1 aliphatic carbocycles. The molecule has 1 heterocycles. The molecule has 4 nitrogen and oxygen atoms in total. The maximum Gasteiger partial charge on any atom is 0.408 e. The van der Waals surface area contributed by atoms with Crippen molar-refractivity contribution >= 4 is 17.3 Å². The van der Waals surface area contributed by atoms with E-state index in [1.54, 1.807) is 0 Å². The fourth-order valence-corrected chi connectivity index (χ4v) is 2.83. The zero-order chi connectivity index (χ0) is 15.8. The summed E-state index contributed by atoms with van der Waals surface area (Å²) in [5.74, 6) is 0. The molecule has 1 saturated carbocycles. The minimum Gasteiger partial charge on any atom is -0.379 e. The lowest BCUT2D eigenvalue weighted by molar-refractivity contribution is -0.143. The average Bonchev–Trinajstić information content (AvgIpc) is 2.67. The first kappa shape index (κ1) is 16.1. The minimum atomic E-state index is -4.51. The van der Waals surface area contributed by atoms with Crippen molar-refractivity contribution in [3.63, 3.8) is 0 Å². The van der Waals surface area contributed by atoms with Crippen LogP contribution in [0, 0.1) is 5.41 Å². The maximum absolute atomic E-state index is 12.3. The first-order chi connectivity index (χ1) is 9.60. The molecule has 8 heteroatoms. The summed E-state index contributed by atoms with van der Waals surface area (Å²) in [6.07, 6.45) is -0.302. The summed E-state index contributed by atoms with van der Waals surface area (Å²) in [6.45, 7) is 2.76. The molecule has 0 amide bonds. The Kier molecular flexibility index (Phi) is 4.24. The van der Waals surface area contributed by atoms with Crippen LogP contribution >= 0.6 is 11.6 Å². The summed E-state index contributed by atoms with van der Waals surface area (Å²) in [6, 6.07) is 0.120. The van der Waals surface area contributed by atoms with Crippen LogP contribution < -0.4 is 10.9 Å². The van der Waals surface area contributed by atoms with E-state index < -0.39 is 18.3 Å². The summed E-state index contributed by atoms with van der Waals surface area (Å²) in [5.41, 5.74) is -0.598. The van der Waals surface area contributed by atoms with E-state index in [9.17, 15) is 18.0 Å². The van der Waals surface area contributed by atoms with Gasteiger partial charge in [0.2, 0.25) is 0 Å². The average molecular weight is 324 g/mol. The van der Waals surface area contributed by atoms with Gasteiger partial charge in [-0.2, -0.15) is 18.3 Å². The highest BCUT2D eigenvalue weighted by molar-refractivity contribution is 6.32. The second-order valence-electron chi connectivity index (χ2n) is 6.03. The number of anilines is 1. The van der Waals surface area contributed by atoms with E-state index in [-0.39, 0.29) is 16.5 Å². The van der Waals surface area contributed by atoms with Gasteiger partial charge in [0.05, 0.1) is 11.9 Å². The first-order valence-corrected chi connectivity index (χ1v) is 7.07. The van der Waals surface area contributed by atoms with E-state index in [4.69, 9.17) is 11.6 Å². The van der Waals surface area contributed by atoms with Crippen molar-refractivity contribution in [3.8, 4) is 0 Å². The number of rotatable bonds is 3. The van der Waals surface area contributed by atoms with Crippen molar-refractivity contribution in [1.82, 2.24) is 9.78 Å². The minimum absolute atomic E-state index is 0.0458. The number of hydrogen-bond donors (Lipinski definition) is 1. The number of halogens is 4. The van der Waals surface area contributed by atoms with E-state index in [1.165, 1.54) is 6.20 Å². The van der Waals surface area contributed by atoms with Gasteiger partial charge in [-0.3, -0.25) is 4.79 Å². The maximum atomic E-state index is 12.3. The van der Waals surface area contributed by atoms with Crippen LogP contribution in [0.3, 0.4) is 0 Å². The van der Waals surface area contributed by atoms with Crippen molar-refractivity contribution in [3.05, 3.63) is 21.6 Å². The number of nitrogens with zero attached hydrogens (tertiary/aromatic N) is 2. The van der Waals surface area contributed by atoms with Gasteiger partial charge >= 0.3 is 6.18 Å². The lowest BCUT2D eigenvalue weighted by atomic mass is 9.87.